The predicted octanol–water partition coefficient (Wildman–Crippen LogP) is 3.36. The molecule has 3 rings (SSSR count). The van der Waals surface area contributed by atoms with Gasteiger partial charge in [0.2, 0.25) is 5.91 Å². The van der Waals surface area contributed by atoms with Crippen molar-refractivity contribution in [3.8, 4) is 5.75 Å². The minimum Gasteiger partial charge on any atom is -0.497 e. The standard InChI is InChI=1S/C21H23NO4S/c1-26-20-12-10-18(11-13-20)22(19-14-15-27(24,25)16-19)21(23)9-5-8-17-6-3-2-4-7-17/h2-4,6-7,10-15,19H,5,8-9,16H2,1H3/t19-/m1/s1. The summed E-state index contributed by atoms with van der Waals surface area (Å²) in [5.41, 5.74) is 1.86. The van der Waals surface area contributed by atoms with Crippen LogP contribution < -0.4 is 9.64 Å². The molecule has 0 spiro atoms. The van der Waals surface area contributed by atoms with Crippen LogP contribution in [0.5, 0.6) is 5.75 Å². The van der Waals surface area contributed by atoms with E-state index in [9.17, 15) is 13.2 Å². The molecule has 1 heterocycles. The van der Waals surface area contributed by atoms with Gasteiger partial charge in [-0.15, -0.1) is 0 Å². The van der Waals surface area contributed by atoms with Gasteiger partial charge < -0.3 is 9.64 Å². The van der Waals surface area contributed by atoms with Gasteiger partial charge in [0, 0.05) is 17.5 Å². The fourth-order valence-corrected chi connectivity index (χ4v) is 4.46. The molecule has 27 heavy (non-hydrogen) atoms. The van der Waals surface area contributed by atoms with Crippen molar-refractivity contribution in [1.82, 2.24) is 0 Å². The van der Waals surface area contributed by atoms with Crippen molar-refractivity contribution >= 4 is 21.4 Å². The van der Waals surface area contributed by atoms with E-state index in [2.05, 4.69) is 0 Å². The molecule has 0 radical (unpaired) electrons. The molecule has 2 aromatic carbocycles. The Morgan fingerprint density at radius 1 is 1.11 bits per heavy atom. The zero-order valence-electron chi connectivity index (χ0n) is 15.2. The summed E-state index contributed by atoms with van der Waals surface area (Å²) in [6, 6.07) is 16.6. The molecule has 0 fully saturated rings. The van der Waals surface area contributed by atoms with Crippen molar-refractivity contribution in [3.63, 3.8) is 0 Å². The number of anilines is 1. The number of rotatable bonds is 7. The molecule has 142 valence electrons. The van der Waals surface area contributed by atoms with Crippen LogP contribution in [0.4, 0.5) is 5.69 Å². The second-order valence-corrected chi connectivity index (χ2v) is 8.46. The van der Waals surface area contributed by atoms with Gasteiger partial charge in [0.25, 0.3) is 0 Å². The van der Waals surface area contributed by atoms with E-state index < -0.39 is 15.9 Å². The highest BCUT2D eigenvalue weighted by Crippen LogP contribution is 2.26. The third-order valence-corrected chi connectivity index (χ3v) is 5.94. The summed E-state index contributed by atoms with van der Waals surface area (Å²) in [5.74, 6) is 0.524. The summed E-state index contributed by atoms with van der Waals surface area (Å²) in [5, 5.41) is 1.20. The minimum absolute atomic E-state index is 0.0799. The average molecular weight is 385 g/mol. The van der Waals surface area contributed by atoms with Crippen LogP contribution >= 0.6 is 0 Å². The fraction of sp³-hybridized carbons (Fsp3) is 0.286. The number of hydrogen-bond donors (Lipinski definition) is 0. The summed E-state index contributed by atoms with van der Waals surface area (Å²) in [7, 11) is -1.68. The number of amides is 1. The number of nitrogens with zero attached hydrogens (tertiary/aromatic N) is 1. The van der Waals surface area contributed by atoms with E-state index in [0.29, 0.717) is 24.3 Å². The number of ether oxygens (including phenoxy) is 1. The van der Waals surface area contributed by atoms with Crippen molar-refractivity contribution in [1.29, 1.82) is 0 Å². The van der Waals surface area contributed by atoms with Crippen LogP contribution in [0.15, 0.2) is 66.1 Å². The molecule has 5 nitrogen and oxygen atoms in total. The van der Waals surface area contributed by atoms with Gasteiger partial charge in [-0.2, -0.15) is 0 Å². The first-order chi connectivity index (χ1) is 13.0. The molecule has 6 heteroatoms. The fourth-order valence-electron chi connectivity index (χ4n) is 3.19. The monoisotopic (exact) mass is 385 g/mol. The maximum absolute atomic E-state index is 13.0. The van der Waals surface area contributed by atoms with Gasteiger partial charge in [0.15, 0.2) is 9.84 Å². The Balaban J connectivity index is 1.74. The van der Waals surface area contributed by atoms with E-state index in [1.165, 1.54) is 11.0 Å². The van der Waals surface area contributed by atoms with Crippen LogP contribution in [0.1, 0.15) is 18.4 Å². The number of aryl methyl sites for hydroxylation is 1. The number of methoxy groups -OCH3 is 1. The van der Waals surface area contributed by atoms with Crippen molar-refractivity contribution in [2.75, 3.05) is 17.8 Å². The first kappa shape index (κ1) is 19.2. The molecule has 0 aromatic heterocycles. The van der Waals surface area contributed by atoms with Crippen LogP contribution in [0.3, 0.4) is 0 Å². The third kappa shape index (κ3) is 4.98. The lowest BCUT2D eigenvalue weighted by atomic mass is 10.1. The molecular formula is C21H23NO4S. The molecule has 1 atom stereocenters. The summed E-state index contributed by atoms with van der Waals surface area (Å²) in [6.45, 7) is 0. The average Bonchev–Trinajstić information content (AvgIpc) is 3.03. The normalized spacial score (nSPS) is 17.6. The lowest BCUT2D eigenvalue weighted by Gasteiger charge is -2.28. The number of benzene rings is 2. The van der Waals surface area contributed by atoms with Crippen molar-refractivity contribution in [2.24, 2.45) is 0 Å². The van der Waals surface area contributed by atoms with Crippen molar-refractivity contribution in [3.05, 3.63) is 71.6 Å². The van der Waals surface area contributed by atoms with Gasteiger partial charge in [-0.25, -0.2) is 8.42 Å². The van der Waals surface area contributed by atoms with Crippen LogP contribution in [0.2, 0.25) is 0 Å². The SMILES string of the molecule is COc1ccc(N(C(=O)CCCc2ccccc2)[C@@H]2C=CS(=O)(=O)C2)cc1. The number of carbonyl (C=O) groups excluding carboxylic acids is 1. The molecule has 0 bridgehead atoms. The van der Waals surface area contributed by atoms with E-state index in [-0.39, 0.29) is 11.7 Å². The van der Waals surface area contributed by atoms with E-state index in [1.54, 1.807) is 42.4 Å². The highest BCUT2D eigenvalue weighted by molar-refractivity contribution is 7.94. The Labute approximate surface area is 160 Å². The van der Waals surface area contributed by atoms with Crippen LogP contribution in [0.25, 0.3) is 0 Å². The van der Waals surface area contributed by atoms with Gasteiger partial charge in [0.05, 0.1) is 18.9 Å². The summed E-state index contributed by atoms with van der Waals surface area (Å²) < 4.78 is 28.9. The second kappa shape index (κ2) is 8.39. The zero-order valence-corrected chi connectivity index (χ0v) is 16.1. The molecule has 1 aliphatic rings. The van der Waals surface area contributed by atoms with E-state index in [4.69, 9.17) is 4.74 Å². The van der Waals surface area contributed by atoms with E-state index in [0.717, 1.165) is 6.42 Å². The summed E-state index contributed by atoms with van der Waals surface area (Å²) in [4.78, 5) is 14.5. The van der Waals surface area contributed by atoms with Gasteiger partial charge >= 0.3 is 0 Å². The maximum atomic E-state index is 13.0. The van der Waals surface area contributed by atoms with Crippen LogP contribution in [-0.2, 0) is 21.1 Å². The first-order valence-corrected chi connectivity index (χ1v) is 10.6. The van der Waals surface area contributed by atoms with Gasteiger partial charge in [-0.1, -0.05) is 30.3 Å². The van der Waals surface area contributed by atoms with Crippen LogP contribution in [0, 0.1) is 0 Å². The molecule has 0 saturated heterocycles. The molecule has 1 amide bonds. The first-order valence-electron chi connectivity index (χ1n) is 8.89. The zero-order chi connectivity index (χ0) is 19.3. The molecule has 0 N–H and O–H groups in total. The van der Waals surface area contributed by atoms with Crippen molar-refractivity contribution in [2.45, 2.75) is 25.3 Å². The van der Waals surface area contributed by atoms with E-state index in [1.807, 2.05) is 30.3 Å². The maximum Gasteiger partial charge on any atom is 0.227 e. The molecule has 0 aliphatic carbocycles. The third-order valence-electron chi connectivity index (χ3n) is 4.56. The second-order valence-electron chi connectivity index (χ2n) is 6.53. The Hall–Kier alpha value is -2.60. The number of sulfone groups is 1. The molecular weight excluding hydrogens is 362 g/mol. The Morgan fingerprint density at radius 2 is 1.81 bits per heavy atom. The van der Waals surface area contributed by atoms with Crippen LogP contribution in [-0.4, -0.2) is 33.2 Å². The van der Waals surface area contributed by atoms with Gasteiger partial charge in [-0.05, 0) is 48.7 Å². The largest absolute Gasteiger partial charge is 0.497 e. The molecule has 2 aromatic rings. The van der Waals surface area contributed by atoms with E-state index >= 15 is 0 Å². The minimum atomic E-state index is -3.26. The highest BCUT2D eigenvalue weighted by atomic mass is 32.2. The quantitative estimate of drug-likeness (QED) is 0.733. The summed E-state index contributed by atoms with van der Waals surface area (Å²) in [6.07, 6.45) is 3.46. The Bertz CT molecular complexity index is 905. The van der Waals surface area contributed by atoms with Crippen molar-refractivity contribution < 1.29 is 17.9 Å². The molecule has 1 aliphatic heterocycles. The number of hydrogen-bond acceptors (Lipinski definition) is 4. The summed E-state index contributed by atoms with van der Waals surface area (Å²) >= 11 is 0. The smallest absolute Gasteiger partial charge is 0.227 e. The van der Waals surface area contributed by atoms with Gasteiger partial charge in [0.1, 0.15) is 5.75 Å². The lowest BCUT2D eigenvalue weighted by Crippen LogP contribution is -2.41. The lowest BCUT2D eigenvalue weighted by molar-refractivity contribution is -0.118. The highest BCUT2D eigenvalue weighted by Gasteiger charge is 2.31. The molecule has 0 saturated carbocycles. The van der Waals surface area contributed by atoms with Gasteiger partial charge in [-0.3, -0.25) is 4.79 Å². The Morgan fingerprint density at radius 3 is 2.41 bits per heavy atom. The predicted molar refractivity (Wildman–Crippen MR) is 107 cm³/mol. The Kier molecular flexibility index (Phi) is 5.96. The topological polar surface area (TPSA) is 63.7 Å². The molecule has 0 unspecified atom stereocenters. The number of carbonyl (C=O) groups is 1.